The van der Waals surface area contributed by atoms with Crippen LogP contribution in [-0.2, 0) is 0 Å². The molecule has 0 radical (unpaired) electrons. The Balaban J connectivity index is 0.00000289. The van der Waals surface area contributed by atoms with Crippen LogP contribution in [0.1, 0.15) is 24.9 Å². The molecule has 0 aliphatic carbocycles. The zero-order valence-electron chi connectivity index (χ0n) is 9.63. The smallest absolute Gasteiger partial charge is 0.390 e. The van der Waals surface area contributed by atoms with Crippen LogP contribution in [-0.4, -0.2) is 12.8 Å². The lowest BCUT2D eigenvalue weighted by atomic mass is 10.0. The molecule has 0 aliphatic heterocycles. The predicted octanol–water partition coefficient (Wildman–Crippen LogP) is 4.22. The van der Waals surface area contributed by atoms with Crippen LogP contribution in [0.5, 0.6) is 5.75 Å². The summed E-state index contributed by atoms with van der Waals surface area (Å²) in [6, 6.07) is 3.75. The minimum absolute atomic E-state index is 0. The maximum Gasteiger partial charge on any atom is 0.390 e. The second-order valence-electron chi connectivity index (χ2n) is 3.54. The lowest BCUT2D eigenvalue weighted by Crippen LogP contribution is -2.21. The third-order valence-electron chi connectivity index (χ3n) is 2.12. The van der Waals surface area contributed by atoms with Gasteiger partial charge in [0, 0.05) is 16.1 Å². The molecule has 0 aliphatic rings. The normalized spacial score (nSPS) is 12.8. The van der Waals surface area contributed by atoms with E-state index in [4.69, 9.17) is 10.5 Å². The first kappa shape index (κ1) is 17.5. The van der Waals surface area contributed by atoms with Crippen LogP contribution in [0.25, 0.3) is 0 Å². The number of ether oxygens (including phenoxy) is 1. The van der Waals surface area contributed by atoms with E-state index in [0.717, 1.165) is 0 Å². The van der Waals surface area contributed by atoms with Crippen LogP contribution >= 0.6 is 28.3 Å². The molecule has 0 aromatic heterocycles. The van der Waals surface area contributed by atoms with Crippen LogP contribution in [0.3, 0.4) is 0 Å². The van der Waals surface area contributed by atoms with Gasteiger partial charge in [-0.2, -0.15) is 13.2 Å². The summed E-state index contributed by atoms with van der Waals surface area (Å²) in [6.07, 6.45) is -5.35. The second-order valence-corrected chi connectivity index (χ2v) is 4.46. The third-order valence-corrected chi connectivity index (χ3v) is 2.62. The highest BCUT2D eigenvalue weighted by atomic mass is 79.9. The van der Waals surface area contributed by atoms with Crippen molar-refractivity contribution < 1.29 is 17.9 Å². The van der Waals surface area contributed by atoms with Crippen LogP contribution < -0.4 is 10.5 Å². The summed E-state index contributed by atoms with van der Waals surface area (Å²) in [6.45, 7) is 2.15. The van der Waals surface area contributed by atoms with Gasteiger partial charge in [0.25, 0.3) is 0 Å². The average molecular weight is 349 g/mol. The third kappa shape index (κ3) is 5.46. The summed E-state index contributed by atoms with van der Waals surface area (Å²) in [7, 11) is 0. The second kappa shape index (κ2) is 7.21. The summed E-state index contributed by atoms with van der Waals surface area (Å²) in [4.78, 5) is 0. The van der Waals surface area contributed by atoms with E-state index in [1.807, 2.05) is 0 Å². The Labute approximate surface area is 118 Å². The molecule has 0 bridgehead atoms. The molecule has 1 aromatic rings. The fourth-order valence-corrected chi connectivity index (χ4v) is 1.83. The van der Waals surface area contributed by atoms with Crippen molar-refractivity contribution in [2.45, 2.75) is 25.6 Å². The summed E-state index contributed by atoms with van der Waals surface area (Å²) in [5.41, 5.74) is 5.92. The Morgan fingerprint density at radius 3 is 2.50 bits per heavy atom. The van der Waals surface area contributed by atoms with Crippen molar-refractivity contribution in [1.29, 1.82) is 0 Å². The van der Waals surface area contributed by atoms with Gasteiger partial charge in [0.1, 0.15) is 5.75 Å². The average Bonchev–Trinajstić information content (AvgIpc) is 2.18. The van der Waals surface area contributed by atoms with Crippen molar-refractivity contribution in [1.82, 2.24) is 0 Å². The highest BCUT2D eigenvalue weighted by Gasteiger charge is 2.32. The monoisotopic (exact) mass is 347 g/mol. The molecule has 1 aromatic carbocycles. The van der Waals surface area contributed by atoms with Crippen molar-refractivity contribution in [3.63, 3.8) is 0 Å². The number of benzene rings is 1. The Morgan fingerprint density at radius 2 is 2.00 bits per heavy atom. The molecule has 0 amide bonds. The van der Waals surface area contributed by atoms with E-state index in [9.17, 15) is 13.2 Å². The summed E-state index contributed by atoms with van der Waals surface area (Å²) < 4.78 is 42.8. The maximum atomic E-state index is 12.3. The van der Waals surface area contributed by atoms with Crippen molar-refractivity contribution in [2.75, 3.05) is 6.61 Å². The molecule has 1 rings (SSSR count). The number of alkyl halides is 3. The van der Waals surface area contributed by atoms with Gasteiger partial charge in [-0.1, -0.05) is 15.9 Å². The molecule has 0 unspecified atom stereocenters. The van der Waals surface area contributed by atoms with Crippen molar-refractivity contribution in [3.05, 3.63) is 28.2 Å². The van der Waals surface area contributed by atoms with Gasteiger partial charge in [-0.05, 0) is 25.1 Å². The van der Waals surface area contributed by atoms with Crippen LogP contribution in [0.15, 0.2) is 22.7 Å². The van der Waals surface area contributed by atoms with Crippen LogP contribution in [0.4, 0.5) is 13.2 Å². The lowest BCUT2D eigenvalue weighted by molar-refractivity contribution is -0.138. The van der Waals surface area contributed by atoms with Gasteiger partial charge < -0.3 is 10.5 Å². The first-order valence-electron chi connectivity index (χ1n) is 5.08. The van der Waals surface area contributed by atoms with Gasteiger partial charge in [-0.3, -0.25) is 0 Å². The molecule has 104 valence electrons. The van der Waals surface area contributed by atoms with Gasteiger partial charge in [0.2, 0.25) is 0 Å². The van der Waals surface area contributed by atoms with E-state index in [0.29, 0.717) is 22.4 Å². The van der Waals surface area contributed by atoms with Gasteiger partial charge in [0.05, 0.1) is 13.0 Å². The topological polar surface area (TPSA) is 35.2 Å². The fraction of sp³-hybridized carbons (Fsp3) is 0.455. The van der Waals surface area contributed by atoms with E-state index < -0.39 is 18.6 Å². The quantitative estimate of drug-likeness (QED) is 0.884. The van der Waals surface area contributed by atoms with E-state index in [-0.39, 0.29) is 12.4 Å². The van der Waals surface area contributed by atoms with Gasteiger partial charge in [-0.25, -0.2) is 0 Å². The van der Waals surface area contributed by atoms with Crippen molar-refractivity contribution in [3.8, 4) is 5.75 Å². The summed E-state index contributed by atoms with van der Waals surface area (Å²) in [5.74, 6) is 0.396. The molecule has 0 saturated carbocycles. The molecule has 2 nitrogen and oxygen atoms in total. The molecule has 0 saturated heterocycles. The number of rotatable bonds is 4. The Morgan fingerprint density at radius 1 is 1.39 bits per heavy atom. The van der Waals surface area contributed by atoms with Crippen molar-refractivity contribution in [2.24, 2.45) is 5.73 Å². The Bertz CT molecular complexity index is 387. The van der Waals surface area contributed by atoms with Gasteiger partial charge in [-0.15, -0.1) is 12.4 Å². The van der Waals surface area contributed by atoms with E-state index in [1.54, 1.807) is 25.1 Å². The van der Waals surface area contributed by atoms with Gasteiger partial charge >= 0.3 is 6.18 Å². The number of hydrogen-bond donors (Lipinski definition) is 1. The number of nitrogens with two attached hydrogens (primary N) is 1. The lowest BCUT2D eigenvalue weighted by Gasteiger charge is -2.18. The zero-order valence-corrected chi connectivity index (χ0v) is 12.0. The van der Waals surface area contributed by atoms with Crippen molar-refractivity contribution >= 4 is 28.3 Å². The molecule has 0 spiro atoms. The zero-order chi connectivity index (χ0) is 13.1. The first-order chi connectivity index (χ1) is 7.83. The summed E-state index contributed by atoms with van der Waals surface area (Å²) in [5, 5.41) is 0. The number of halogens is 5. The molecule has 0 heterocycles. The maximum absolute atomic E-state index is 12.3. The summed E-state index contributed by atoms with van der Waals surface area (Å²) >= 11 is 3.20. The number of hydrogen-bond acceptors (Lipinski definition) is 2. The van der Waals surface area contributed by atoms with Crippen LogP contribution in [0.2, 0.25) is 0 Å². The first-order valence-corrected chi connectivity index (χ1v) is 5.87. The molecule has 7 heteroatoms. The molecule has 1 atom stereocenters. The molecule has 0 fully saturated rings. The molecule has 18 heavy (non-hydrogen) atoms. The van der Waals surface area contributed by atoms with Gasteiger partial charge in [0.15, 0.2) is 0 Å². The molecule has 2 N–H and O–H groups in total. The Kier molecular flexibility index (Phi) is 7.02. The molecular formula is C11H14BrClF3NO. The minimum Gasteiger partial charge on any atom is -0.494 e. The fourth-order valence-electron chi connectivity index (χ4n) is 1.46. The van der Waals surface area contributed by atoms with E-state index in [2.05, 4.69) is 15.9 Å². The van der Waals surface area contributed by atoms with E-state index >= 15 is 0 Å². The minimum atomic E-state index is -4.29. The Hall–Kier alpha value is -0.460. The highest BCUT2D eigenvalue weighted by molar-refractivity contribution is 9.10. The standard InChI is InChI=1S/C11H13BrF3NO.ClH/c1-2-17-10-4-3-7(12)5-8(10)9(16)6-11(13,14)15;/h3-5,9H,2,6,16H2,1H3;1H/t9-;/m1./s1. The predicted molar refractivity (Wildman–Crippen MR) is 70.2 cm³/mol. The largest absolute Gasteiger partial charge is 0.494 e. The molecular weight excluding hydrogens is 334 g/mol. The van der Waals surface area contributed by atoms with Crippen LogP contribution in [0, 0.1) is 0 Å². The highest BCUT2D eigenvalue weighted by Crippen LogP contribution is 2.34. The SMILES string of the molecule is CCOc1ccc(Br)cc1[C@H](N)CC(F)(F)F.Cl. The van der Waals surface area contributed by atoms with E-state index in [1.165, 1.54) is 0 Å².